The van der Waals surface area contributed by atoms with Crippen LogP contribution in [-0.2, 0) is 9.53 Å². The van der Waals surface area contributed by atoms with Gasteiger partial charge in [-0.05, 0) is 25.7 Å². The van der Waals surface area contributed by atoms with Gasteiger partial charge in [0.25, 0.3) is 0 Å². The molecule has 0 amide bonds. The van der Waals surface area contributed by atoms with Crippen molar-refractivity contribution in [2.75, 3.05) is 6.61 Å². The number of rotatable bonds is 2. The molecule has 1 aliphatic carbocycles. The first kappa shape index (κ1) is 9.23. The highest BCUT2D eigenvalue weighted by molar-refractivity contribution is 6.02. The van der Waals surface area contributed by atoms with E-state index in [2.05, 4.69) is 0 Å². The number of carbonyl (C=O) groups is 1. The van der Waals surface area contributed by atoms with Crippen LogP contribution in [0.2, 0.25) is 0 Å². The lowest BCUT2D eigenvalue weighted by molar-refractivity contribution is -0.146. The zero-order valence-electron chi connectivity index (χ0n) is 7.59. The van der Waals surface area contributed by atoms with Crippen molar-refractivity contribution in [3.05, 3.63) is 0 Å². The van der Waals surface area contributed by atoms with Crippen molar-refractivity contribution in [2.24, 2.45) is 11.8 Å². The molecule has 1 saturated carbocycles. The van der Waals surface area contributed by atoms with Crippen molar-refractivity contribution in [1.82, 2.24) is 0 Å². The smallest absolute Gasteiger partial charge is 0.314 e. The van der Waals surface area contributed by atoms with Crippen molar-refractivity contribution in [1.29, 1.82) is 5.41 Å². The molecule has 1 fully saturated rings. The summed E-state index contributed by atoms with van der Waals surface area (Å²) in [5.74, 6) is -0.186. The van der Waals surface area contributed by atoms with Gasteiger partial charge in [-0.3, -0.25) is 4.79 Å². The zero-order valence-corrected chi connectivity index (χ0v) is 7.59. The fraction of sp³-hybridized carbons (Fsp3) is 0.778. The molecule has 68 valence electrons. The Bertz CT molecular complexity index is 201. The zero-order chi connectivity index (χ0) is 9.14. The second-order valence-corrected chi connectivity index (χ2v) is 3.27. The Kier molecular flexibility index (Phi) is 2.84. The topological polar surface area (TPSA) is 50.2 Å². The van der Waals surface area contributed by atoms with Crippen molar-refractivity contribution in [2.45, 2.75) is 26.7 Å². The summed E-state index contributed by atoms with van der Waals surface area (Å²) >= 11 is 0. The third-order valence-corrected chi connectivity index (χ3v) is 2.35. The molecule has 0 spiro atoms. The molecule has 2 atom stereocenters. The quantitative estimate of drug-likeness (QED) is 0.638. The minimum Gasteiger partial charge on any atom is -0.465 e. The Morgan fingerprint density at radius 2 is 2.42 bits per heavy atom. The van der Waals surface area contributed by atoms with E-state index < -0.39 is 0 Å². The lowest BCUT2D eigenvalue weighted by atomic mass is 9.97. The summed E-state index contributed by atoms with van der Waals surface area (Å²) in [6.07, 6.45) is 1.70. The van der Waals surface area contributed by atoms with E-state index in [1.165, 1.54) is 0 Å². The average Bonchev–Trinajstić information content (AvgIpc) is 2.32. The third-order valence-electron chi connectivity index (χ3n) is 2.35. The Morgan fingerprint density at radius 1 is 1.75 bits per heavy atom. The highest BCUT2D eigenvalue weighted by Crippen LogP contribution is 2.29. The summed E-state index contributed by atoms with van der Waals surface area (Å²) in [6.45, 7) is 4.21. The molecule has 0 bridgehead atoms. The van der Waals surface area contributed by atoms with E-state index >= 15 is 0 Å². The predicted molar refractivity (Wildman–Crippen MR) is 46.2 cm³/mol. The summed E-state index contributed by atoms with van der Waals surface area (Å²) in [5.41, 5.74) is 0.543. The fourth-order valence-electron chi connectivity index (χ4n) is 1.66. The molecule has 0 radical (unpaired) electrons. The molecule has 1 rings (SSSR count). The Hall–Kier alpha value is -0.860. The molecule has 0 aromatic rings. The van der Waals surface area contributed by atoms with Crippen molar-refractivity contribution in [3.8, 4) is 0 Å². The van der Waals surface area contributed by atoms with Gasteiger partial charge in [0.05, 0.1) is 12.5 Å². The molecule has 0 heterocycles. The van der Waals surface area contributed by atoms with E-state index in [0.717, 1.165) is 12.8 Å². The molecule has 3 nitrogen and oxygen atoms in total. The maximum Gasteiger partial charge on any atom is 0.314 e. The fourth-order valence-corrected chi connectivity index (χ4v) is 1.66. The predicted octanol–water partition coefficient (Wildman–Crippen LogP) is 1.62. The van der Waals surface area contributed by atoms with Gasteiger partial charge in [0.15, 0.2) is 0 Å². The number of ether oxygens (including phenoxy) is 1. The summed E-state index contributed by atoms with van der Waals surface area (Å²) in [6, 6.07) is 0. The second kappa shape index (κ2) is 3.70. The molecule has 2 unspecified atom stereocenters. The van der Waals surface area contributed by atoms with Crippen LogP contribution in [0.1, 0.15) is 26.7 Å². The molecule has 1 aliphatic rings. The third kappa shape index (κ3) is 1.65. The van der Waals surface area contributed by atoms with Gasteiger partial charge in [-0.15, -0.1) is 0 Å². The van der Waals surface area contributed by atoms with E-state index in [4.69, 9.17) is 10.1 Å². The number of esters is 1. The molecular weight excluding hydrogens is 154 g/mol. The van der Waals surface area contributed by atoms with Crippen LogP contribution in [0.15, 0.2) is 0 Å². The first-order chi connectivity index (χ1) is 5.66. The Morgan fingerprint density at radius 3 is 2.83 bits per heavy atom. The molecule has 1 N–H and O–H groups in total. The largest absolute Gasteiger partial charge is 0.465 e. The molecular formula is C9H15NO2. The van der Waals surface area contributed by atoms with Crippen LogP contribution >= 0.6 is 0 Å². The van der Waals surface area contributed by atoms with E-state index in [-0.39, 0.29) is 17.8 Å². The van der Waals surface area contributed by atoms with Crippen LogP contribution in [-0.4, -0.2) is 18.3 Å². The van der Waals surface area contributed by atoms with Crippen molar-refractivity contribution < 1.29 is 9.53 Å². The summed E-state index contributed by atoms with van der Waals surface area (Å²) < 4.78 is 4.89. The average molecular weight is 169 g/mol. The molecule has 0 saturated heterocycles. The Balaban J connectivity index is 2.59. The maximum atomic E-state index is 11.3. The van der Waals surface area contributed by atoms with Gasteiger partial charge in [-0.1, -0.05) is 6.92 Å². The summed E-state index contributed by atoms with van der Waals surface area (Å²) in [5, 5.41) is 7.54. The van der Waals surface area contributed by atoms with Crippen molar-refractivity contribution in [3.63, 3.8) is 0 Å². The monoisotopic (exact) mass is 169 g/mol. The standard InChI is InChI=1S/C9H15NO2/c1-3-12-9(11)8-6(2)4-5-7(8)10/h6,8,10H,3-5H2,1-2H3. The van der Waals surface area contributed by atoms with Crippen LogP contribution in [0.5, 0.6) is 0 Å². The van der Waals surface area contributed by atoms with Gasteiger partial charge in [0.1, 0.15) is 0 Å². The minimum atomic E-state index is -0.259. The molecule has 0 aliphatic heterocycles. The van der Waals surface area contributed by atoms with Crippen molar-refractivity contribution >= 4 is 11.7 Å². The van der Waals surface area contributed by atoms with E-state index in [9.17, 15) is 4.79 Å². The number of hydrogen-bond donors (Lipinski definition) is 1. The van der Waals surface area contributed by atoms with E-state index in [1.807, 2.05) is 6.92 Å². The van der Waals surface area contributed by atoms with Crippen LogP contribution in [0, 0.1) is 17.2 Å². The SMILES string of the molecule is CCOC(=O)C1C(=N)CCC1C. The highest BCUT2D eigenvalue weighted by atomic mass is 16.5. The van der Waals surface area contributed by atoms with Crippen LogP contribution < -0.4 is 0 Å². The summed E-state index contributed by atoms with van der Waals surface area (Å²) in [4.78, 5) is 11.3. The first-order valence-corrected chi connectivity index (χ1v) is 4.40. The van der Waals surface area contributed by atoms with Gasteiger partial charge in [-0.2, -0.15) is 0 Å². The number of hydrogen-bond acceptors (Lipinski definition) is 3. The van der Waals surface area contributed by atoms with Gasteiger partial charge in [-0.25, -0.2) is 0 Å². The first-order valence-electron chi connectivity index (χ1n) is 4.40. The molecule has 12 heavy (non-hydrogen) atoms. The maximum absolute atomic E-state index is 11.3. The molecule has 3 heteroatoms. The van der Waals surface area contributed by atoms with Gasteiger partial charge in [0.2, 0.25) is 0 Å². The number of nitrogens with one attached hydrogen (secondary N) is 1. The lowest BCUT2D eigenvalue weighted by Crippen LogP contribution is -2.25. The minimum absolute atomic E-state index is 0.215. The van der Waals surface area contributed by atoms with Crippen LogP contribution in [0.4, 0.5) is 0 Å². The lowest BCUT2D eigenvalue weighted by Gasteiger charge is -2.13. The highest BCUT2D eigenvalue weighted by Gasteiger charge is 2.35. The van der Waals surface area contributed by atoms with Gasteiger partial charge >= 0.3 is 5.97 Å². The second-order valence-electron chi connectivity index (χ2n) is 3.27. The molecule has 0 aromatic carbocycles. The van der Waals surface area contributed by atoms with Crippen LogP contribution in [0.3, 0.4) is 0 Å². The van der Waals surface area contributed by atoms with Gasteiger partial charge < -0.3 is 10.1 Å². The van der Waals surface area contributed by atoms with E-state index in [1.54, 1.807) is 6.92 Å². The normalized spacial score (nSPS) is 29.0. The summed E-state index contributed by atoms with van der Waals surface area (Å²) in [7, 11) is 0. The number of carbonyl (C=O) groups excluding carboxylic acids is 1. The van der Waals surface area contributed by atoms with Gasteiger partial charge in [0, 0.05) is 5.71 Å². The molecule has 0 aromatic heterocycles. The van der Waals surface area contributed by atoms with E-state index in [0.29, 0.717) is 12.3 Å². The van der Waals surface area contributed by atoms with Crippen LogP contribution in [0.25, 0.3) is 0 Å². The Labute approximate surface area is 72.6 Å².